The number of carbonyl (C=O) groups is 2. The molecule has 1 rings (SSSR count). The van der Waals surface area contributed by atoms with E-state index >= 15 is 0 Å². The van der Waals surface area contributed by atoms with Crippen molar-refractivity contribution in [1.82, 2.24) is 4.90 Å². The number of ether oxygens (including phenoxy) is 1. The number of carboxylic acids is 1. The fourth-order valence-corrected chi connectivity index (χ4v) is 1.84. The van der Waals surface area contributed by atoms with Gasteiger partial charge < -0.3 is 14.7 Å². The molecule has 1 atom stereocenters. The van der Waals surface area contributed by atoms with Gasteiger partial charge >= 0.3 is 5.97 Å². The van der Waals surface area contributed by atoms with E-state index in [2.05, 4.69) is 0 Å². The van der Waals surface area contributed by atoms with Crippen LogP contribution in [0.5, 0.6) is 0 Å². The fourth-order valence-electron chi connectivity index (χ4n) is 1.84. The van der Waals surface area contributed by atoms with Gasteiger partial charge in [-0.1, -0.05) is 0 Å². The van der Waals surface area contributed by atoms with E-state index in [0.717, 1.165) is 13.0 Å². The highest BCUT2D eigenvalue weighted by molar-refractivity contribution is 5.77. The van der Waals surface area contributed by atoms with Crippen molar-refractivity contribution in [2.45, 2.75) is 19.3 Å². The van der Waals surface area contributed by atoms with Crippen molar-refractivity contribution >= 4 is 11.9 Å². The first kappa shape index (κ1) is 12.0. The average Bonchev–Trinajstić information content (AvgIpc) is 2.63. The van der Waals surface area contributed by atoms with Gasteiger partial charge in [-0.2, -0.15) is 0 Å². The van der Waals surface area contributed by atoms with Crippen LogP contribution >= 0.6 is 0 Å². The van der Waals surface area contributed by atoms with E-state index in [1.165, 1.54) is 7.11 Å². The van der Waals surface area contributed by atoms with Crippen LogP contribution in [0.25, 0.3) is 0 Å². The zero-order valence-electron chi connectivity index (χ0n) is 8.94. The molecule has 5 heteroatoms. The molecule has 1 fully saturated rings. The van der Waals surface area contributed by atoms with Crippen molar-refractivity contribution in [2.75, 3.05) is 26.8 Å². The van der Waals surface area contributed by atoms with Gasteiger partial charge in [-0.15, -0.1) is 0 Å². The summed E-state index contributed by atoms with van der Waals surface area (Å²) in [5.41, 5.74) is 0. The zero-order valence-corrected chi connectivity index (χ0v) is 8.94. The van der Waals surface area contributed by atoms with Gasteiger partial charge in [0, 0.05) is 26.6 Å². The molecule has 0 radical (unpaired) electrons. The van der Waals surface area contributed by atoms with E-state index in [9.17, 15) is 9.59 Å². The molecule has 1 N–H and O–H groups in total. The lowest BCUT2D eigenvalue weighted by Crippen LogP contribution is -2.31. The summed E-state index contributed by atoms with van der Waals surface area (Å²) in [6.07, 6.45) is 1.76. The van der Waals surface area contributed by atoms with Crippen LogP contribution < -0.4 is 0 Å². The molecule has 1 heterocycles. The molecule has 1 aliphatic rings. The first-order valence-electron chi connectivity index (χ1n) is 5.12. The maximum Gasteiger partial charge on any atom is 0.303 e. The van der Waals surface area contributed by atoms with Crippen molar-refractivity contribution in [2.24, 2.45) is 5.92 Å². The molecular formula is C10H17NO4. The molecule has 0 aromatic rings. The monoisotopic (exact) mass is 215 g/mol. The standard InChI is InChI=1S/C10H17NO4/c1-15-7-9(12)11-5-4-8(6-11)2-3-10(13)14/h8H,2-7H2,1H3,(H,13,14). The van der Waals surface area contributed by atoms with Gasteiger partial charge in [-0.3, -0.25) is 9.59 Å². The van der Waals surface area contributed by atoms with E-state index in [1.807, 2.05) is 0 Å². The van der Waals surface area contributed by atoms with Crippen LogP contribution in [0.2, 0.25) is 0 Å². The summed E-state index contributed by atoms with van der Waals surface area (Å²) in [5, 5.41) is 8.53. The Kier molecular flexibility index (Phi) is 4.55. The minimum atomic E-state index is -0.767. The normalized spacial score (nSPS) is 20.6. The highest BCUT2D eigenvalue weighted by Crippen LogP contribution is 2.20. The molecule has 0 aliphatic carbocycles. The van der Waals surface area contributed by atoms with E-state index < -0.39 is 5.97 Å². The lowest BCUT2D eigenvalue weighted by atomic mass is 10.0. The second-order valence-corrected chi connectivity index (χ2v) is 3.86. The van der Waals surface area contributed by atoms with Crippen LogP contribution in [0.1, 0.15) is 19.3 Å². The first-order valence-corrected chi connectivity index (χ1v) is 5.12. The number of hydrogen-bond acceptors (Lipinski definition) is 3. The number of amides is 1. The van der Waals surface area contributed by atoms with Crippen molar-refractivity contribution in [3.63, 3.8) is 0 Å². The molecule has 5 nitrogen and oxygen atoms in total. The van der Waals surface area contributed by atoms with Gasteiger partial charge in [0.1, 0.15) is 6.61 Å². The molecule has 0 saturated carbocycles. The smallest absolute Gasteiger partial charge is 0.303 e. The highest BCUT2D eigenvalue weighted by Gasteiger charge is 2.25. The van der Waals surface area contributed by atoms with Gasteiger partial charge in [-0.25, -0.2) is 0 Å². The number of aliphatic carboxylic acids is 1. The fraction of sp³-hybridized carbons (Fsp3) is 0.800. The minimum Gasteiger partial charge on any atom is -0.481 e. The molecule has 1 saturated heterocycles. The lowest BCUT2D eigenvalue weighted by molar-refractivity contribution is -0.137. The minimum absolute atomic E-state index is 0.00433. The Hall–Kier alpha value is -1.10. The van der Waals surface area contributed by atoms with Gasteiger partial charge in [-0.05, 0) is 18.8 Å². The first-order chi connectivity index (χ1) is 7.13. The summed E-state index contributed by atoms with van der Waals surface area (Å²) < 4.78 is 4.76. The number of carbonyl (C=O) groups excluding carboxylic acids is 1. The van der Waals surface area contributed by atoms with Gasteiger partial charge in [0.15, 0.2) is 0 Å². The Labute approximate surface area is 89.0 Å². The quantitative estimate of drug-likeness (QED) is 0.718. The second kappa shape index (κ2) is 5.70. The van der Waals surface area contributed by atoms with Crippen molar-refractivity contribution < 1.29 is 19.4 Å². The Morgan fingerprint density at radius 3 is 2.87 bits per heavy atom. The predicted molar refractivity (Wildman–Crippen MR) is 53.4 cm³/mol. The Morgan fingerprint density at radius 1 is 1.53 bits per heavy atom. The summed E-state index contributed by atoms with van der Waals surface area (Å²) >= 11 is 0. The topological polar surface area (TPSA) is 66.8 Å². The van der Waals surface area contributed by atoms with Crippen LogP contribution in [0.15, 0.2) is 0 Å². The molecule has 0 bridgehead atoms. The third-order valence-corrected chi connectivity index (χ3v) is 2.67. The summed E-state index contributed by atoms with van der Waals surface area (Å²) in [5.74, 6) is -0.436. The molecule has 86 valence electrons. The number of likely N-dealkylation sites (tertiary alicyclic amines) is 1. The van der Waals surface area contributed by atoms with Crippen LogP contribution in [0, 0.1) is 5.92 Å². The molecule has 1 unspecified atom stereocenters. The van der Waals surface area contributed by atoms with Gasteiger partial charge in [0.25, 0.3) is 0 Å². The van der Waals surface area contributed by atoms with E-state index in [-0.39, 0.29) is 18.9 Å². The molecule has 1 aliphatic heterocycles. The molecule has 15 heavy (non-hydrogen) atoms. The third kappa shape index (κ3) is 3.87. The SMILES string of the molecule is COCC(=O)N1CCC(CCC(=O)O)C1. The Bertz CT molecular complexity index is 242. The third-order valence-electron chi connectivity index (χ3n) is 2.67. The zero-order chi connectivity index (χ0) is 11.3. The molecule has 0 aromatic carbocycles. The van der Waals surface area contributed by atoms with Crippen molar-refractivity contribution in [1.29, 1.82) is 0 Å². The number of nitrogens with zero attached hydrogens (tertiary/aromatic N) is 1. The van der Waals surface area contributed by atoms with Gasteiger partial charge in [0.05, 0.1) is 0 Å². The number of hydrogen-bond donors (Lipinski definition) is 1. The molecule has 1 amide bonds. The Balaban J connectivity index is 2.26. The van der Waals surface area contributed by atoms with Crippen LogP contribution in [0.4, 0.5) is 0 Å². The highest BCUT2D eigenvalue weighted by atomic mass is 16.5. The summed E-state index contributed by atoms with van der Waals surface area (Å²) in [6.45, 7) is 1.52. The van der Waals surface area contributed by atoms with E-state index in [0.29, 0.717) is 18.9 Å². The Morgan fingerprint density at radius 2 is 2.27 bits per heavy atom. The van der Waals surface area contributed by atoms with Crippen molar-refractivity contribution in [3.8, 4) is 0 Å². The maximum atomic E-state index is 11.4. The molecular weight excluding hydrogens is 198 g/mol. The number of carboxylic acid groups (broad SMARTS) is 1. The summed E-state index contributed by atoms with van der Waals surface area (Å²) in [4.78, 5) is 23.5. The largest absolute Gasteiger partial charge is 0.481 e. The van der Waals surface area contributed by atoms with Crippen molar-refractivity contribution in [3.05, 3.63) is 0 Å². The second-order valence-electron chi connectivity index (χ2n) is 3.86. The van der Waals surface area contributed by atoms with Crippen LogP contribution in [0.3, 0.4) is 0 Å². The van der Waals surface area contributed by atoms with E-state index in [1.54, 1.807) is 4.90 Å². The average molecular weight is 215 g/mol. The summed E-state index contributed by atoms with van der Waals surface area (Å²) in [7, 11) is 1.50. The lowest BCUT2D eigenvalue weighted by Gasteiger charge is -2.15. The van der Waals surface area contributed by atoms with Crippen LogP contribution in [-0.4, -0.2) is 48.7 Å². The van der Waals surface area contributed by atoms with Crippen LogP contribution in [-0.2, 0) is 14.3 Å². The number of methoxy groups -OCH3 is 1. The molecule has 0 spiro atoms. The predicted octanol–water partition coefficient (Wildman–Crippen LogP) is 0.346. The maximum absolute atomic E-state index is 11.4. The number of rotatable bonds is 5. The van der Waals surface area contributed by atoms with Gasteiger partial charge in [0.2, 0.25) is 5.91 Å². The summed E-state index contributed by atoms with van der Waals surface area (Å²) in [6, 6.07) is 0. The van der Waals surface area contributed by atoms with E-state index in [4.69, 9.17) is 9.84 Å². The molecule has 0 aromatic heterocycles.